The standard InChI is InChI=1S/C23H18/c1-13-14(2)17-12-11-16-7-6-10-20-18-8-4-5-9-19(18)21(15(13)3)23(17)22(16)20/h4-12H,1-3H3. The predicted octanol–water partition coefficient (Wildman–Crippen LogP) is 6.66. The molecule has 0 atom stereocenters. The summed E-state index contributed by atoms with van der Waals surface area (Å²) < 4.78 is 0. The van der Waals surface area contributed by atoms with Gasteiger partial charge in [0.25, 0.3) is 0 Å². The fourth-order valence-electron chi connectivity index (χ4n) is 4.31. The SMILES string of the molecule is Cc1c(C)c2ccc3cccc4c5ccccc5c(c1C)c2c34. The first-order valence-corrected chi connectivity index (χ1v) is 8.23. The number of hydrogen-bond donors (Lipinski definition) is 0. The van der Waals surface area contributed by atoms with Crippen molar-refractivity contribution >= 4 is 43.1 Å². The van der Waals surface area contributed by atoms with E-state index in [1.807, 2.05) is 0 Å². The Kier molecular flexibility index (Phi) is 2.37. The zero-order valence-corrected chi connectivity index (χ0v) is 13.7. The summed E-state index contributed by atoms with van der Waals surface area (Å²) in [6, 6.07) is 20.1. The summed E-state index contributed by atoms with van der Waals surface area (Å²) in [5, 5.41) is 11.2. The largest absolute Gasteiger partial charge is 0.0616 e. The fraction of sp³-hybridized carbons (Fsp3) is 0.130. The summed E-state index contributed by atoms with van der Waals surface area (Å²) in [6.07, 6.45) is 0. The molecule has 0 aliphatic rings. The maximum Gasteiger partial charge on any atom is -0.00148 e. The average Bonchev–Trinajstić information content (AvgIpc) is 2.59. The molecule has 0 saturated heterocycles. The van der Waals surface area contributed by atoms with E-state index in [0.717, 1.165) is 0 Å². The lowest BCUT2D eigenvalue weighted by molar-refractivity contribution is 1.32. The predicted molar refractivity (Wildman–Crippen MR) is 102 cm³/mol. The molecule has 5 aromatic carbocycles. The highest BCUT2D eigenvalue weighted by Crippen LogP contribution is 2.43. The van der Waals surface area contributed by atoms with Crippen LogP contribution in [0.3, 0.4) is 0 Å². The van der Waals surface area contributed by atoms with Crippen LogP contribution in [0.1, 0.15) is 16.7 Å². The lowest BCUT2D eigenvalue weighted by atomic mass is 9.84. The van der Waals surface area contributed by atoms with E-state index >= 15 is 0 Å². The minimum atomic E-state index is 1.34. The van der Waals surface area contributed by atoms with Crippen molar-refractivity contribution < 1.29 is 0 Å². The topological polar surface area (TPSA) is 0 Å². The zero-order valence-electron chi connectivity index (χ0n) is 13.7. The van der Waals surface area contributed by atoms with Gasteiger partial charge in [-0.25, -0.2) is 0 Å². The molecule has 0 amide bonds. The van der Waals surface area contributed by atoms with Gasteiger partial charge in [-0.1, -0.05) is 54.6 Å². The second-order valence-electron chi connectivity index (χ2n) is 6.69. The van der Waals surface area contributed by atoms with Crippen LogP contribution in [0.15, 0.2) is 54.6 Å². The third-order valence-corrected chi connectivity index (χ3v) is 5.69. The molecule has 0 saturated carbocycles. The number of hydrogen-bond acceptors (Lipinski definition) is 0. The maximum atomic E-state index is 2.31. The normalized spacial score (nSPS) is 12.1. The molecule has 23 heavy (non-hydrogen) atoms. The van der Waals surface area contributed by atoms with Crippen molar-refractivity contribution in [1.82, 2.24) is 0 Å². The van der Waals surface area contributed by atoms with Gasteiger partial charge in [0.15, 0.2) is 0 Å². The Bertz CT molecular complexity index is 1230. The van der Waals surface area contributed by atoms with Crippen LogP contribution >= 0.6 is 0 Å². The van der Waals surface area contributed by atoms with Gasteiger partial charge in [0.2, 0.25) is 0 Å². The highest BCUT2D eigenvalue weighted by Gasteiger charge is 2.17. The van der Waals surface area contributed by atoms with Gasteiger partial charge in [0.1, 0.15) is 0 Å². The molecule has 0 aliphatic heterocycles. The van der Waals surface area contributed by atoms with Gasteiger partial charge in [-0.2, -0.15) is 0 Å². The van der Waals surface area contributed by atoms with Crippen molar-refractivity contribution in [2.75, 3.05) is 0 Å². The molecular formula is C23H18. The van der Waals surface area contributed by atoms with Crippen LogP contribution in [-0.4, -0.2) is 0 Å². The lowest BCUT2D eigenvalue weighted by Gasteiger charge is -2.19. The minimum absolute atomic E-state index is 1.34. The van der Waals surface area contributed by atoms with Crippen molar-refractivity contribution in [3.05, 3.63) is 71.3 Å². The van der Waals surface area contributed by atoms with Crippen LogP contribution < -0.4 is 0 Å². The molecular weight excluding hydrogens is 276 g/mol. The monoisotopic (exact) mass is 294 g/mol. The minimum Gasteiger partial charge on any atom is -0.0616 e. The Morgan fingerprint density at radius 3 is 1.96 bits per heavy atom. The molecule has 0 unspecified atom stereocenters. The summed E-state index contributed by atoms with van der Waals surface area (Å²) in [5.41, 5.74) is 4.25. The first-order chi connectivity index (χ1) is 11.2. The van der Waals surface area contributed by atoms with Crippen molar-refractivity contribution in [2.45, 2.75) is 20.8 Å². The Labute approximate surface area is 135 Å². The van der Waals surface area contributed by atoms with Gasteiger partial charge in [-0.05, 0) is 80.6 Å². The molecule has 0 N–H and O–H groups in total. The number of fused-ring (bicyclic) bond motifs is 3. The molecule has 110 valence electrons. The fourth-order valence-corrected chi connectivity index (χ4v) is 4.31. The smallest absolute Gasteiger partial charge is 0.00148 e. The highest BCUT2D eigenvalue weighted by molar-refractivity contribution is 6.34. The van der Waals surface area contributed by atoms with Gasteiger partial charge in [0.05, 0.1) is 0 Å². The Balaban J connectivity index is 2.33. The van der Waals surface area contributed by atoms with E-state index in [0.29, 0.717) is 0 Å². The first kappa shape index (κ1) is 12.9. The van der Waals surface area contributed by atoms with Gasteiger partial charge in [-0.15, -0.1) is 0 Å². The molecule has 0 nitrogen and oxygen atoms in total. The van der Waals surface area contributed by atoms with Gasteiger partial charge in [0, 0.05) is 0 Å². The number of benzene rings is 5. The van der Waals surface area contributed by atoms with Crippen LogP contribution in [0.4, 0.5) is 0 Å². The van der Waals surface area contributed by atoms with E-state index in [1.54, 1.807) is 0 Å². The van der Waals surface area contributed by atoms with Crippen molar-refractivity contribution in [3.8, 4) is 0 Å². The molecule has 0 aliphatic carbocycles. The molecule has 0 bridgehead atoms. The van der Waals surface area contributed by atoms with Crippen LogP contribution in [0.5, 0.6) is 0 Å². The van der Waals surface area contributed by atoms with Gasteiger partial charge in [-0.3, -0.25) is 0 Å². The average molecular weight is 294 g/mol. The second kappa shape index (κ2) is 4.23. The molecule has 0 aromatic heterocycles. The third kappa shape index (κ3) is 1.46. The Morgan fingerprint density at radius 2 is 1.13 bits per heavy atom. The maximum absolute atomic E-state index is 2.31. The Morgan fingerprint density at radius 1 is 0.435 bits per heavy atom. The van der Waals surface area contributed by atoms with Crippen molar-refractivity contribution in [3.63, 3.8) is 0 Å². The molecule has 0 spiro atoms. The molecule has 0 heteroatoms. The lowest BCUT2D eigenvalue weighted by Crippen LogP contribution is -1.95. The zero-order chi connectivity index (χ0) is 15.7. The molecule has 5 aromatic rings. The van der Waals surface area contributed by atoms with Gasteiger partial charge < -0.3 is 0 Å². The Hall–Kier alpha value is -2.60. The summed E-state index contributed by atoms with van der Waals surface area (Å²) in [6.45, 7) is 6.80. The van der Waals surface area contributed by atoms with E-state index < -0.39 is 0 Å². The van der Waals surface area contributed by atoms with Crippen molar-refractivity contribution in [1.29, 1.82) is 0 Å². The van der Waals surface area contributed by atoms with E-state index in [-0.39, 0.29) is 0 Å². The summed E-state index contributed by atoms with van der Waals surface area (Å²) >= 11 is 0. The molecule has 0 fully saturated rings. The summed E-state index contributed by atoms with van der Waals surface area (Å²) in [7, 11) is 0. The second-order valence-corrected chi connectivity index (χ2v) is 6.69. The van der Waals surface area contributed by atoms with Crippen LogP contribution in [0.2, 0.25) is 0 Å². The molecule has 0 radical (unpaired) electrons. The highest BCUT2D eigenvalue weighted by atomic mass is 14.2. The van der Waals surface area contributed by atoms with Crippen LogP contribution in [0, 0.1) is 20.8 Å². The van der Waals surface area contributed by atoms with Crippen LogP contribution in [0.25, 0.3) is 43.1 Å². The van der Waals surface area contributed by atoms with E-state index in [1.165, 1.54) is 59.8 Å². The summed E-state index contributed by atoms with van der Waals surface area (Å²) in [4.78, 5) is 0. The molecule has 5 rings (SSSR count). The third-order valence-electron chi connectivity index (χ3n) is 5.69. The first-order valence-electron chi connectivity index (χ1n) is 8.23. The van der Waals surface area contributed by atoms with Gasteiger partial charge >= 0.3 is 0 Å². The number of rotatable bonds is 0. The van der Waals surface area contributed by atoms with E-state index in [4.69, 9.17) is 0 Å². The van der Waals surface area contributed by atoms with E-state index in [2.05, 4.69) is 75.4 Å². The van der Waals surface area contributed by atoms with Crippen LogP contribution in [-0.2, 0) is 0 Å². The van der Waals surface area contributed by atoms with Crippen molar-refractivity contribution in [2.24, 2.45) is 0 Å². The number of aryl methyl sites for hydroxylation is 2. The quantitative estimate of drug-likeness (QED) is 0.221. The van der Waals surface area contributed by atoms with E-state index in [9.17, 15) is 0 Å². The summed E-state index contributed by atoms with van der Waals surface area (Å²) in [5.74, 6) is 0. The molecule has 0 heterocycles.